The minimum absolute atomic E-state index is 0.167. The average molecular weight is 452 g/mol. The van der Waals surface area contributed by atoms with Gasteiger partial charge < -0.3 is 20.6 Å². The molecule has 0 aromatic heterocycles. The van der Waals surface area contributed by atoms with Gasteiger partial charge in [0.2, 0.25) is 5.91 Å². The highest BCUT2D eigenvalue weighted by Gasteiger charge is 2.37. The van der Waals surface area contributed by atoms with Crippen LogP contribution < -0.4 is 5.32 Å². The lowest BCUT2D eigenvalue weighted by Gasteiger charge is -2.35. The summed E-state index contributed by atoms with van der Waals surface area (Å²) < 4.78 is -0.522. The Morgan fingerprint density at radius 3 is 1.41 bits per heavy atom. The summed E-state index contributed by atoms with van der Waals surface area (Å²) in [5.74, 6) is 0.154. The lowest BCUT2D eigenvalue weighted by Crippen LogP contribution is -2.57. The molecule has 0 aliphatic heterocycles. The van der Waals surface area contributed by atoms with E-state index >= 15 is 0 Å². The normalized spacial score (nSPS) is 11.8. The highest BCUT2D eigenvalue weighted by molar-refractivity contribution is 8.00. The molecule has 168 valence electrons. The van der Waals surface area contributed by atoms with Gasteiger partial charge in [0, 0.05) is 12.2 Å². The Bertz CT molecular complexity index is 858. The van der Waals surface area contributed by atoms with Crippen molar-refractivity contribution in [2.45, 2.75) is 16.7 Å². The summed E-state index contributed by atoms with van der Waals surface area (Å²) in [4.78, 5) is 12.6. The van der Waals surface area contributed by atoms with E-state index in [9.17, 15) is 20.1 Å². The summed E-state index contributed by atoms with van der Waals surface area (Å²) in [5, 5.41) is 31.0. The Kier molecular flexibility index (Phi) is 8.47. The van der Waals surface area contributed by atoms with Gasteiger partial charge in [0.25, 0.3) is 0 Å². The Morgan fingerprint density at radius 2 is 1.06 bits per heavy atom. The number of aliphatic hydroxyl groups is 3. The van der Waals surface area contributed by atoms with Crippen molar-refractivity contribution in [2.75, 3.05) is 25.6 Å². The van der Waals surface area contributed by atoms with Crippen molar-refractivity contribution in [2.24, 2.45) is 0 Å². The summed E-state index contributed by atoms with van der Waals surface area (Å²) in [6.07, 6.45) is 0.167. The van der Waals surface area contributed by atoms with E-state index in [-0.39, 0.29) is 12.3 Å². The van der Waals surface area contributed by atoms with Crippen LogP contribution in [-0.4, -0.2) is 52.3 Å². The lowest BCUT2D eigenvalue weighted by molar-refractivity contribution is -0.124. The van der Waals surface area contributed by atoms with Gasteiger partial charge in [-0.2, -0.15) is 0 Å². The maximum atomic E-state index is 12.6. The van der Waals surface area contributed by atoms with Gasteiger partial charge in [-0.1, -0.05) is 91.0 Å². The van der Waals surface area contributed by atoms with Gasteiger partial charge in [0.05, 0.1) is 24.6 Å². The number of rotatable bonds is 11. The smallest absolute Gasteiger partial charge is 0.221 e. The van der Waals surface area contributed by atoms with E-state index in [1.807, 2.05) is 54.6 Å². The van der Waals surface area contributed by atoms with Crippen LogP contribution in [0.1, 0.15) is 23.1 Å². The molecule has 5 nitrogen and oxygen atoms in total. The number of aliphatic hydroxyl groups excluding tert-OH is 3. The first-order valence-corrected chi connectivity index (χ1v) is 11.5. The Labute approximate surface area is 193 Å². The number of hydrogen-bond acceptors (Lipinski definition) is 5. The van der Waals surface area contributed by atoms with Crippen molar-refractivity contribution in [1.29, 1.82) is 0 Å². The molecule has 0 saturated carbocycles. The van der Waals surface area contributed by atoms with Gasteiger partial charge in [0.1, 0.15) is 5.54 Å². The van der Waals surface area contributed by atoms with Crippen molar-refractivity contribution in [1.82, 2.24) is 5.32 Å². The van der Waals surface area contributed by atoms with Crippen LogP contribution in [0.5, 0.6) is 0 Å². The molecule has 4 N–H and O–H groups in total. The van der Waals surface area contributed by atoms with E-state index in [4.69, 9.17) is 0 Å². The van der Waals surface area contributed by atoms with Gasteiger partial charge >= 0.3 is 0 Å². The molecule has 1 amide bonds. The topological polar surface area (TPSA) is 89.8 Å². The van der Waals surface area contributed by atoms with E-state index in [1.54, 1.807) is 11.8 Å². The van der Waals surface area contributed by atoms with Gasteiger partial charge in [-0.25, -0.2) is 0 Å². The molecule has 0 atom stereocenters. The van der Waals surface area contributed by atoms with Crippen molar-refractivity contribution >= 4 is 17.7 Å². The molecular formula is C26H29NO4S. The molecule has 0 unspecified atom stereocenters. The highest BCUT2D eigenvalue weighted by atomic mass is 32.2. The number of hydrogen-bond donors (Lipinski definition) is 4. The van der Waals surface area contributed by atoms with Gasteiger partial charge in [-0.3, -0.25) is 4.79 Å². The Balaban J connectivity index is 1.93. The molecule has 3 aromatic carbocycles. The van der Waals surface area contributed by atoms with Gasteiger partial charge in [-0.05, 0) is 16.7 Å². The fraction of sp³-hybridized carbons (Fsp3) is 0.269. The van der Waals surface area contributed by atoms with Crippen LogP contribution in [0.4, 0.5) is 0 Å². The van der Waals surface area contributed by atoms with E-state index in [0.29, 0.717) is 5.75 Å². The fourth-order valence-corrected chi connectivity index (χ4v) is 5.19. The molecule has 0 saturated heterocycles. The van der Waals surface area contributed by atoms with E-state index in [0.717, 1.165) is 16.7 Å². The number of nitrogens with one attached hydrogen (secondary N) is 1. The zero-order valence-corrected chi connectivity index (χ0v) is 18.7. The third-order valence-corrected chi connectivity index (χ3v) is 7.05. The van der Waals surface area contributed by atoms with Gasteiger partial charge in [-0.15, -0.1) is 11.8 Å². The molecule has 0 spiro atoms. The van der Waals surface area contributed by atoms with E-state index < -0.39 is 30.1 Å². The van der Waals surface area contributed by atoms with Crippen molar-refractivity contribution in [3.8, 4) is 0 Å². The quantitative estimate of drug-likeness (QED) is 0.337. The van der Waals surface area contributed by atoms with Gasteiger partial charge in [0.15, 0.2) is 0 Å². The molecular weight excluding hydrogens is 422 g/mol. The average Bonchev–Trinajstić information content (AvgIpc) is 2.87. The molecule has 0 aliphatic carbocycles. The summed E-state index contributed by atoms with van der Waals surface area (Å²) >= 11 is 1.66. The van der Waals surface area contributed by atoms with Crippen LogP contribution in [0.15, 0.2) is 91.0 Å². The summed E-state index contributed by atoms with van der Waals surface area (Å²) in [7, 11) is 0. The minimum Gasteiger partial charge on any atom is -0.394 e. The molecule has 0 heterocycles. The number of carbonyl (C=O) groups is 1. The maximum Gasteiger partial charge on any atom is 0.221 e. The third kappa shape index (κ3) is 5.22. The third-order valence-electron chi connectivity index (χ3n) is 5.50. The lowest BCUT2D eigenvalue weighted by atomic mass is 9.84. The van der Waals surface area contributed by atoms with Crippen LogP contribution in [0, 0.1) is 0 Å². The van der Waals surface area contributed by atoms with Crippen LogP contribution in [0.2, 0.25) is 0 Å². The first kappa shape index (κ1) is 24.0. The largest absolute Gasteiger partial charge is 0.394 e. The van der Waals surface area contributed by atoms with E-state index in [2.05, 4.69) is 41.7 Å². The second-order valence-corrected chi connectivity index (χ2v) is 8.99. The van der Waals surface area contributed by atoms with E-state index in [1.165, 1.54) is 0 Å². The maximum absolute atomic E-state index is 12.6. The van der Waals surface area contributed by atoms with Crippen LogP contribution in [0.25, 0.3) is 0 Å². The van der Waals surface area contributed by atoms with Crippen LogP contribution in [0.3, 0.4) is 0 Å². The van der Waals surface area contributed by atoms with Crippen LogP contribution in [-0.2, 0) is 9.54 Å². The molecule has 6 heteroatoms. The van der Waals surface area contributed by atoms with Crippen molar-refractivity contribution in [3.05, 3.63) is 108 Å². The number of benzene rings is 3. The monoisotopic (exact) mass is 451 g/mol. The number of amides is 1. The predicted octanol–water partition coefficient (Wildman–Crippen LogP) is 2.93. The highest BCUT2D eigenvalue weighted by Crippen LogP contribution is 2.48. The Hall–Kier alpha value is -2.64. The van der Waals surface area contributed by atoms with Crippen LogP contribution >= 0.6 is 11.8 Å². The zero-order chi connectivity index (χ0) is 22.9. The number of carbonyl (C=O) groups excluding carboxylic acids is 1. The second kappa shape index (κ2) is 11.3. The second-order valence-electron chi connectivity index (χ2n) is 7.68. The zero-order valence-electron chi connectivity index (χ0n) is 17.9. The molecule has 32 heavy (non-hydrogen) atoms. The molecule has 0 aliphatic rings. The Morgan fingerprint density at radius 1 is 0.688 bits per heavy atom. The van der Waals surface area contributed by atoms with Crippen molar-refractivity contribution in [3.63, 3.8) is 0 Å². The summed E-state index contributed by atoms with van der Waals surface area (Å²) in [6, 6.07) is 30.6. The summed E-state index contributed by atoms with van der Waals surface area (Å²) in [6.45, 7) is -1.62. The molecule has 0 radical (unpaired) electrons. The van der Waals surface area contributed by atoms with Crippen molar-refractivity contribution < 1.29 is 20.1 Å². The molecule has 3 rings (SSSR count). The SMILES string of the molecule is O=C(CCSC(c1ccccc1)(c1ccccc1)c1ccccc1)NC(CO)(CO)CO. The molecule has 3 aromatic rings. The standard InChI is InChI=1S/C26H29NO4S/c28-18-25(19-29,20-30)27-24(31)16-17-32-26(21-10-4-1-5-11-21,22-12-6-2-7-13-22)23-14-8-3-9-15-23/h1-15,28-30H,16-20H2,(H,27,31). The first-order valence-electron chi connectivity index (χ1n) is 10.5. The molecule has 0 bridgehead atoms. The summed E-state index contributed by atoms with van der Waals surface area (Å²) in [5.41, 5.74) is 1.91. The first-order chi connectivity index (χ1) is 15.6. The minimum atomic E-state index is -1.42. The molecule has 0 fully saturated rings. The number of thioether (sulfide) groups is 1. The fourth-order valence-electron chi connectivity index (χ4n) is 3.69. The predicted molar refractivity (Wildman–Crippen MR) is 128 cm³/mol.